The van der Waals surface area contributed by atoms with Crippen LogP contribution in [0.15, 0.2) is 48.5 Å². The van der Waals surface area contributed by atoms with Gasteiger partial charge in [-0.15, -0.1) is 0 Å². The van der Waals surface area contributed by atoms with Crippen LogP contribution in [0.2, 0.25) is 0 Å². The number of benzene rings is 2. The molecule has 5 rings (SSSR count). The molecule has 178 valence electrons. The maximum atomic E-state index is 12.7. The number of halogens is 3. The van der Waals surface area contributed by atoms with Crippen molar-refractivity contribution >= 4 is 23.7 Å². The van der Waals surface area contributed by atoms with Crippen LogP contribution < -0.4 is 10.6 Å². The van der Waals surface area contributed by atoms with Gasteiger partial charge >= 0.3 is 12.1 Å². The van der Waals surface area contributed by atoms with E-state index < -0.39 is 24.0 Å². The average molecular weight is 475 g/mol. The Bertz CT molecular complexity index is 1130. The lowest BCUT2D eigenvalue weighted by atomic mass is 9.94. The molecule has 1 saturated heterocycles. The molecule has 2 aromatic rings. The number of amides is 3. The second kappa shape index (κ2) is 8.90. The van der Waals surface area contributed by atoms with E-state index in [4.69, 9.17) is 9.90 Å². The molecule has 2 aromatic carbocycles. The van der Waals surface area contributed by atoms with E-state index in [2.05, 4.69) is 22.8 Å². The largest absolute Gasteiger partial charge is 0.490 e. The van der Waals surface area contributed by atoms with Gasteiger partial charge in [0.1, 0.15) is 6.54 Å². The third-order valence-electron chi connectivity index (χ3n) is 6.16. The zero-order valence-electron chi connectivity index (χ0n) is 17.6. The van der Waals surface area contributed by atoms with Gasteiger partial charge in [-0.25, -0.2) is 4.79 Å². The predicted molar refractivity (Wildman–Crippen MR) is 112 cm³/mol. The van der Waals surface area contributed by atoms with Crippen molar-refractivity contribution in [3.05, 3.63) is 70.8 Å². The number of imide groups is 1. The lowest BCUT2D eigenvalue weighted by molar-refractivity contribution is -0.192. The molecule has 0 saturated carbocycles. The normalized spacial score (nSPS) is 22.4. The zero-order chi connectivity index (χ0) is 24.6. The number of fused-ring (bicyclic) bond motifs is 4. The molecule has 8 nitrogen and oxygen atoms in total. The van der Waals surface area contributed by atoms with Gasteiger partial charge in [-0.2, -0.15) is 13.2 Å². The number of carbonyl (C=O) groups excluding carboxylic acids is 3. The van der Waals surface area contributed by atoms with Gasteiger partial charge in [0.15, 0.2) is 0 Å². The van der Waals surface area contributed by atoms with E-state index in [0.717, 1.165) is 23.6 Å². The van der Waals surface area contributed by atoms with E-state index in [1.54, 1.807) is 24.3 Å². The fraction of sp³-hybridized carbons (Fsp3) is 0.304. The van der Waals surface area contributed by atoms with Crippen LogP contribution in [0.25, 0.3) is 0 Å². The summed E-state index contributed by atoms with van der Waals surface area (Å²) in [5, 5.41) is 13.6. The summed E-state index contributed by atoms with van der Waals surface area (Å²) in [6.45, 7) is 1.50. The number of aliphatic carboxylic acids is 1. The highest BCUT2D eigenvalue weighted by atomic mass is 19.4. The third-order valence-corrected chi connectivity index (χ3v) is 6.16. The molecule has 3 N–H and O–H groups in total. The number of alkyl halides is 3. The Balaban J connectivity index is 0.000000344. The Morgan fingerprint density at radius 1 is 0.971 bits per heavy atom. The maximum Gasteiger partial charge on any atom is 0.490 e. The third kappa shape index (κ3) is 4.26. The number of rotatable bonds is 3. The van der Waals surface area contributed by atoms with E-state index in [-0.39, 0.29) is 18.5 Å². The molecule has 2 aliphatic heterocycles. The van der Waals surface area contributed by atoms with E-state index in [0.29, 0.717) is 23.0 Å². The van der Waals surface area contributed by atoms with Crippen molar-refractivity contribution in [3.8, 4) is 0 Å². The lowest BCUT2D eigenvalue weighted by Crippen LogP contribution is -2.42. The Hall–Kier alpha value is -3.73. The predicted octanol–water partition coefficient (Wildman–Crippen LogP) is 2.09. The minimum Gasteiger partial charge on any atom is -0.475 e. The van der Waals surface area contributed by atoms with Gasteiger partial charge in [0.05, 0.1) is 17.2 Å². The average Bonchev–Trinajstić information content (AvgIpc) is 3.45. The smallest absolute Gasteiger partial charge is 0.475 e. The fourth-order valence-electron chi connectivity index (χ4n) is 4.68. The highest BCUT2D eigenvalue weighted by Gasteiger charge is 2.44. The Morgan fingerprint density at radius 3 is 2.06 bits per heavy atom. The van der Waals surface area contributed by atoms with Gasteiger partial charge in [-0.05, 0) is 23.3 Å². The number of carbonyl (C=O) groups is 4. The van der Waals surface area contributed by atoms with Crippen LogP contribution >= 0.6 is 0 Å². The summed E-state index contributed by atoms with van der Waals surface area (Å²) in [6.07, 6.45) is -5.08. The van der Waals surface area contributed by atoms with Crippen LogP contribution in [-0.2, 0) is 9.59 Å². The van der Waals surface area contributed by atoms with Crippen LogP contribution in [0.5, 0.6) is 0 Å². The maximum absolute atomic E-state index is 12.7. The number of nitrogens with zero attached hydrogens (tertiary/aromatic N) is 1. The number of hydrogen-bond donors (Lipinski definition) is 3. The molecule has 3 atom stereocenters. The van der Waals surface area contributed by atoms with Crippen molar-refractivity contribution in [1.29, 1.82) is 0 Å². The summed E-state index contributed by atoms with van der Waals surface area (Å²) in [5.41, 5.74) is 3.14. The minimum atomic E-state index is -5.08. The first-order valence-corrected chi connectivity index (χ1v) is 10.4. The SMILES string of the molecule is O=C(CN1C(=O)c2ccccc2C1=O)N[C@H]1c2ccccc2[C@@H]2CNC[C@@H]21.O=C(O)C(F)(F)F. The second-order valence-corrected chi connectivity index (χ2v) is 8.15. The van der Waals surface area contributed by atoms with E-state index >= 15 is 0 Å². The van der Waals surface area contributed by atoms with E-state index in [1.165, 1.54) is 5.56 Å². The molecule has 0 unspecified atom stereocenters. The summed E-state index contributed by atoms with van der Waals surface area (Å²) < 4.78 is 31.7. The van der Waals surface area contributed by atoms with Crippen molar-refractivity contribution in [1.82, 2.24) is 15.5 Å². The Labute approximate surface area is 191 Å². The molecular weight excluding hydrogens is 455 g/mol. The molecule has 3 aliphatic rings. The molecule has 0 aromatic heterocycles. The Kier molecular flexibility index (Phi) is 6.13. The number of carboxylic acids is 1. The molecule has 1 aliphatic carbocycles. The topological polar surface area (TPSA) is 116 Å². The molecule has 0 bridgehead atoms. The van der Waals surface area contributed by atoms with Gasteiger partial charge < -0.3 is 15.7 Å². The van der Waals surface area contributed by atoms with Gasteiger partial charge in [0, 0.05) is 24.9 Å². The molecule has 0 radical (unpaired) electrons. The monoisotopic (exact) mass is 475 g/mol. The first-order valence-electron chi connectivity index (χ1n) is 10.4. The highest BCUT2D eigenvalue weighted by Crippen LogP contribution is 2.46. The molecule has 3 amide bonds. The number of hydrogen-bond acceptors (Lipinski definition) is 5. The highest BCUT2D eigenvalue weighted by molar-refractivity contribution is 6.22. The summed E-state index contributed by atoms with van der Waals surface area (Å²) in [6, 6.07) is 14.8. The van der Waals surface area contributed by atoms with Gasteiger partial charge in [0.25, 0.3) is 11.8 Å². The number of carboxylic acid groups (broad SMARTS) is 1. The molecule has 34 heavy (non-hydrogen) atoms. The quantitative estimate of drug-likeness (QED) is 0.586. The van der Waals surface area contributed by atoms with Gasteiger partial charge in [-0.1, -0.05) is 36.4 Å². The fourth-order valence-corrected chi connectivity index (χ4v) is 4.68. The summed E-state index contributed by atoms with van der Waals surface area (Å²) >= 11 is 0. The molecular formula is C23H20F3N3O5. The van der Waals surface area contributed by atoms with Gasteiger partial charge in [0.2, 0.25) is 5.91 Å². The van der Waals surface area contributed by atoms with Crippen molar-refractivity contribution in [2.75, 3.05) is 19.6 Å². The van der Waals surface area contributed by atoms with Crippen LogP contribution in [0.1, 0.15) is 43.8 Å². The number of nitrogens with one attached hydrogen (secondary N) is 2. The van der Waals surface area contributed by atoms with Crippen LogP contribution in [0.4, 0.5) is 13.2 Å². The summed E-state index contributed by atoms with van der Waals surface area (Å²) in [5.74, 6) is -3.18. The van der Waals surface area contributed by atoms with Gasteiger partial charge in [-0.3, -0.25) is 19.3 Å². The van der Waals surface area contributed by atoms with Crippen LogP contribution in [0.3, 0.4) is 0 Å². The molecule has 0 spiro atoms. The summed E-state index contributed by atoms with van der Waals surface area (Å²) in [7, 11) is 0. The van der Waals surface area contributed by atoms with Crippen molar-refractivity contribution in [2.45, 2.75) is 18.1 Å². The van der Waals surface area contributed by atoms with Crippen molar-refractivity contribution in [2.24, 2.45) is 5.92 Å². The lowest BCUT2D eigenvalue weighted by Gasteiger charge is -2.22. The summed E-state index contributed by atoms with van der Waals surface area (Å²) in [4.78, 5) is 47.6. The Morgan fingerprint density at radius 2 is 1.50 bits per heavy atom. The first-order chi connectivity index (χ1) is 16.1. The minimum absolute atomic E-state index is 0.0936. The van der Waals surface area contributed by atoms with Crippen molar-refractivity contribution < 1.29 is 37.5 Å². The zero-order valence-corrected chi connectivity index (χ0v) is 17.6. The molecule has 11 heteroatoms. The van der Waals surface area contributed by atoms with Crippen molar-refractivity contribution in [3.63, 3.8) is 0 Å². The molecule has 2 heterocycles. The van der Waals surface area contributed by atoms with E-state index in [9.17, 15) is 27.6 Å². The first kappa shape index (κ1) is 23.4. The molecule has 1 fully saturated rings. The second-order valence-electron chi connectivity index (χ2n) is 8.15. The van der Waals surface area contributed by atoms with Crippen LogP contribution in [-0.4, -0.2) is 59.5 Å². The standard InChI is InChI=1S/C21H19N3O3.C2HF3O2/c25-18(11-24-20(26)14-7-3-4-8-15(14)21(24)27)23-19-13-6-2-1-5-12(13)16-9-22-10-17(16)19;3-2(4,5)1(6)7/h1-8,16-17,19,22H,9-11H2,(H,23,25);(H,6,7)/t16-,17-,19-;/m0./s1. The van der Waals surface area contributed by atoms with Crippen LogP contribution in [0, 0.1) is 5.92 Å². The van der Waals surface area contributed by atoms with E-state index in [1.807, 2.05) is 12.1 Å².